The molecule has 2 N–H and O–H groups in total. The van der Waals surface area contributed by atoms with Crippen molar-refractivity contribution < 1.29 is 13.2 Å². The zero-order valence-electron chi connectivity index (χ0n) is 12.1. The molecule has 1 saturated heterocycles. The smallest absolute Gasteiger partial charge is 0.246 e. The van der Waals surface area contributed by atoms with Gasteiger partial charge in [0, 0.05) is 19.1 Å². The van der Waals surface area contributed by atoms with E-state index in [1.165, 1.54) is 11.4 Å². The number of hydrogen-bond donors (Lipinski definition) is 1. The molecule has 5 nitrogen and oxygen atoms in total. The number of nitrogens with zero attached hydrogens (tertiary/aromatic N) is 1. The molecule has 0 saturated carbocycles. The Morgan fingerprint density at radius 2 is 1.95 bits per heavy atom. The van der Waals surface area contributed by atoms with E-state index in [2.05, 4.69) is 13.8 Å². The van der Waals surface area contributed by atoms with Gasteiger partial charge in [0.2, 0.25) is 10.0 Å². The highest BCUT2D eigenvalue weighted by Gasteiger charge is 2.39. The number of methoxy groups -OCH3 is 1. The van der Waals surface area contributed by atoms with Gasteiger partial charge in [0.25, 0.3) is 0 Å². The number of nitrogens with two attached hydrogens (primary N) is 1. The quantitative estimate of drug-likeness (QED) is 0.909. The lowest BCUT2D eigenvalue weighted by molar-refractivity contribution is 0.366. The van der Waals surface area contributed by atoms with Crippen LogP contribution in [0.3, 0.4) is 0 Å². The molecule has 1 aromatic carbocycles. The maximum atomic E-state index is 12.7. The fraction of sp³-hybridized carbons (Fsp3) is 0.571. The summed E-state index contributed by atoms with van der Waals surface area (Å²) in [4.78, 5) is 0.208. The Labute approximate surface area is 120 Å². The molecule has 1 heterocycles. The second kappa shape index (κ2) is 5.71. The first-order valence-corrected chi connectivity index (χ1v) is 8.20. The molecule has 0 aromatic heterocycles. The minimum atomic E-state index is -3.55. The molecule has 1 aliphatic heterocycles. The van der Waals surface area contributed by atoms with Gasteiger partial charge in [0.1, 0.15) is 10.6 Å². The number of para-hydroxylation sites is 1. The van der Waals surface area contributed by atoms with Crippen molar-refractivity contribution in [1.29, 1.82) is 0 Å². The third-order valence-corrected chi connectivity index (χ3v) is 5.79. The summed E-state index contributed by atoms with van der Waals surface area (Å²) in [6.45, 7) is 4.98. The van der Waals surface area contributed by atoms with Crippen molar-refractivity contribution in [2.45, 2.75) is 24.8 Å². The zero-order chi connectivity index (χ0) is 14.9. The first-order valence-electron chi connectivity index (χ1n) is 6.76. The van der Waals surface area contributed by atoms with E-state index in [1.807, 2.05) is 0 Å². The van der Waals surface area contributed by atoms with Gasteiger partial charge < -0.3 is 10.5 Å². The van der Waals surface area contributed by atoms with Crippen molar-refractivity contribution in [3.63, 3.8) is 0 Å². The fourth-order valence-corrected chi connectivity index (χ4v) is 4.36. The molecule has 0 spiro atoms. The summed E-state index contributed by atoms with van der Waals surface area (Å²) >= 11 is 0. The molecular weight excluding hydrogens is 276 g/mol. The predicted octanol–water partition coefficient (Wildman–Crippen LogP) is 1.30. The number of sulfonamides is 1. The average Bonchev–Trinajstić information content (AvgIpc) is 2.81. The van der Waals surface area contributed by atoms with E-state index < -0.39 is 10.0 Å². The van der Waals surface area contributed by atoms with Crippen molar-refractivity contribution in [2.75, 3.05) is 20.2 Å². The minimum absolute atomic E-state index is 0.112. The third-order valence-electron chi connectivity index (χ3n) is 3.92. The number of rotatable bonds is 4. The lowest BCUT2D eigenvalue weighted by Crippen LogP contribution is -2.33. The number of benzene rings is 1. The van der Waals surface area contributed by atoms with Crippen LogP contribution in [0.5, 0.6) is 5.75 Å². The molecule has 112 valence electrons. The second-order valence-corrected chi connectivity index (χ2v) is 7.45. The first kappa shape index (κ1) is 15.3. The topological polar surface area (TPSA) is 72.6 Å². The Balaban J connectivity index is 2.33. The Hall–Kier alpha value is -1.11. The summed E-state index contributed by atoms with van der Waals surface area (Å²) in [6.07, 6.45) is 0. The van der Waals surface area contributed by atoms with Gasteiger partial charge >= 0.3 is 0 Å². The molecular formula is C14H22N2O3S. The van der Waals surface area contributed by atoms with Gasteiger partial charge in [-0.15, -0.1) is 0 Å². The highest BCUT2D eigenvalue weighted by Crippen LogP contribution is 2.31. The maximum Gasteiger partial charge on any atom is 0.246 e. The van der Waals surface area contributed by atoms with Crippen LogP contribution in [-0.2, 0) is 10.0 Å². The van der Waals surface area contributed by atoms with Crippen LogP contribution < -0.4 is 10.5 Å². The van der Waals surface area contributed by atoms with Gasteiger partial charge in [-0.25, -0.2) is 8.42 Å². The third kappa shape index (κ3) is 2.68. The molecule has 6 heteroatoms. The molecule has 0 unspecified atom stereocenters. The highest BCUT2D eigenvalue weighted by atomic mass is 32.2. The van der Waals surface area contributed by atoms with Gasteiger partial charge in [-0.1, -0.05) is 26.0 Å². The Bertz CT molecular complexity index is 572. The van der Waals surface area contributed by atoms with Gasteiger partial charge in [0.05, 0.1) is 7.11 Å². The lowest BCUT2D eigenvalue weighted by Gasteiger charge is -2.19. The molecule has 0 aliphatic carbocycles. The Morgan fingerprint density at radius 1 is 1.30 bits per heavy atom. The van der Waals surface area contributed by atoms with Crippen LogP contribution in [0.15, 0.2) is 29.2 Å². The highest BCUT2D eigenvalue weighted by molar-refractivity contribution is 7.89. The molecule has 1 fully saturated rings. The van der Waals surface area contributed by atoms with Crippen molar-refractivity contribution >= 4 is 10.0 Å². The van der Waals surface area contributed by atoms with Crippen molar-refractivity contribution in [3.8, 4) is 5.75 Å². The van der Waals surface area contributed by atoms with Crippen LogP contribution in [-0.4, -0.2) is 39.0 Å². The summed E-state index contributed by atoms with van der Waals surface area (Å²) in [5.74, 6) is 0.927. The SMILES string of the molecule is COc1ccccc1S(=O)(=O)N1C[C@@H](N)[C@H](C(C)C)C1. The largest absolute Gasteiger partial charge is 0.495 e. The molecule has 1 aliphatic rings. The van der Waals surface area contributed by atoms with Gasteiger partial charge in [0.15, 0.2) is 0 Å². The van der Waals surface area contributed by atoms with Crippen molar-refractivity contribution in [2.24, 2.45) is 17.6 Å². The Morgan fingerprint density at radius 3 is 2.50 bits per heavy atom. The molecule has 0 radical (unpaired) electrons. The Kier molecular flexibility index (Phi) is 4.36. The molecule has 2 atom stereocenters. The monoisotopic (exact) mass is 298 g/mol. The van der Waals surface area contributed by atoms with Gasteiger partial charge in [-0.05, 0) is 24.0 Å². The average molecular weight is 298 g/mol. The standard InChI is InChI=1S/C14H22N2O3S/c1-10(2)11-8-16(9-12(11)15)20(17,18)14-7-5-4-6-13(14)19-3/h4-7,10-12H,8-9,15H2,1-3H3/t11-,12+/m0/s1. The van der Waals surface area contributed by atoms with Gasteiger partial charge in [-0.3, -0.25) is 0 Å². The molecule has 20 heavy (non-hydrogen) atoms. The normalized spacial score (nSPS) is 24.2. The van der Waals surface area contributed by atoms with Crippen molar-refractivity contribution in [1.82, 2.24) is 4.31 Å². The minimum Gasteiger partial charge on any atom is -0.495 e. The zero-order valence-corrected chi connectivity index (χ0v) is 12.9. The summed E-state index contributed by atoms with van der Waals surface area (Å²) in [7, 11) is -2.08. The van der Waals surface area contributed by atoms with Crippen LogP contribution in [0, 0.1) is 11.8 Å². The van der Waals surface area contributed by atoms with Crippen molar-refractivity contribution in [3.05, 3.63) is 24.3 Å². The summed E-state index contributed by atoms with van der Waals surface area (Å²) in [5, 5.41) is 0. The van der Waals surface area contributed by atoms with Crippen LogP contribution in [0.1, 0.15) is 13.8 Å². The van der Waals surface area contributed by atoms with Crippen LogP contribution in [0.2, 0.25) is 0 Å². The lowest BCUT2D eigenvalue weighted by atomic mass is 9.92. The predicted molar refractivity (Wildman–Crippen MR) is 78.1 cm³/mol. The van der Waals surface area contributed by atoms with E-state index in [-0.39, 0.29) is 16.9 Å². The summed E-state index contributed by atoms with van der Waals surface area (Å²) in [5.41, 5.74) is 6.08. The van der Waals surface area contributed by atoms with E-state index >= 15 is 0 Å². The summed E-state index contributed by atoms with van der Waals surface area (Å²) in [6, 6.07) is 6.57. The van der Waals surface area contributed by atoms with E-state index in [9.17, 15) is 8.42 Å². The van der Waals surface area contributed by atoms with E-state index in [4.69, 9.17) is 10.5 Å². The molecule has 2 rings (SSSR count). The maximum absolute atomic E-state index is 12.7. The molecule has 0 amide bonds. The van der Waals surface area contributed by atoms with E-state index in [1.54, 1.807) is 24.3 Å². The molecule has 0 bridgehead atoms. The first-order chi connectivity index (χ1) is 9.37. The van der Waals surface area contributed by atoms with Crippen LogP contribution >= 0.6 is 0 Å². The van der Waals surface area contributed by atoms with Crippen LogP contribution in [0.25, 0.3) is 0 Å². The molecule has 1 aromatic rings. The second-order valence-electron chi connectivity index (χ2n) is 5.54. The number of ether oxygens (including phenoxy) is 1. The van der Waals surface area contributed by atoms with E-state index in [0.29, 0.717) is 24.8 Å². The van der Waals surface area contributed by atoms with Gasteiger partial charge in [-0.2, -0.15) is 4.31 Å². The van der Waals surface area contributed by atoms with Crippen LogP contribution in [0.4, 0.5) is 0 Å². The van der Waals surface area contributed by atoms with E-state index in [0.717, 1.165) is 0 Å². The fourth-order valence-electron chi connectivity index (χ4n) is 2.69. The summed E-state index contributed by atoms with van der Waals surface area (Å²) < 4.78 is 32.1. The number of hydrogen-bond acceptors (Lipinski definition) is 4.